The lowest BCUT2D eigenvalue weighted by molar-refractivity contribution is -0.130. The summed E-state index contributed by atoms with van der Waals surface area (Å²) in [5, 5.41) is 6.51. The molecule has 0 saturated carbocycles. The molecule has 0 aliphatic heterocycles. The molecule has 1 aromatic carbocycles. The first-order valence-electron chi connectivity index (χ1n) is 9.10. The largest absolute Gasteiger partial charge is 0.357 e. The van der Waals surface area contributed by atoms with Crippen molar-refractivity contribution in [3.63, 3.8) is 0 Å². The maximum atomic E-state index is 12.3. The van der Waals surface area contributed by atoms with Crippen LogP contribution >= 0.6 is 24.0 Å². The summed E-state index contributed by atoms with van der Waals surface area (Å²) in [6.45, 7) is 5.56. The number of aliphatic imine (C=N–C) groups is 1. The van der Waals surface area contributed by atoms with E-state index in [1.165, 1.54) is 0 Å². The van der Waals surface area contributed by atoms with Gasteiger partial charge in [0.1, 0.15) is 0 Å². The lowest BCUT2D eigenvalue weighted by atomic mass is 10.2. The zero-order valence-corrected chi connectivity index (χ0v) is 18.4. The molecule has 2 aromatic rings. The topological polar surface area (TPSA) is 61.7 Å². The van der Waals surface area contributed by atoms with Crippen molar-refractivity contribution in [3.05, 3.63) is 60.4 Å². The van der Waals surface area contributed by atoms with Crippen LogP contribution in [0.25, 0.3) is 0 Å². The molecule has 0 unspecified atom stereocenters. The highest BCUT2D eigenvalue weighted by Crippen LogP contribution is 2.04. The zero-order valence-electron chi connectivity index (χ0n) is 16.1. The Bertz CT molecular complexity index is 673. The number of hydrogen-bond acceptors (Lipinski definition) is 2. The highest BCUT2D eigenvalue weighted by Gasteiger charge is 2.08. The van der Waals surface area contributed by atoms with Crippen LogP contribution in [-0.4, -0.2) is 48.0 Å². The molecule has 148 valence electrons. The van der Waals surface area contributed by atoms with Crippen molar-refractivity contribution in [2.45, 2.75) is 26.4 Å². The van der Waals surface area contributed by atoms with Gasteiger partial charge in [0.25, 0.3) is 0 Å². The normalized spacial score (nSPS) is 10.8. The van der Waals surface area contributed by atoms with E-state index in [1.807, 2.05) is 68.8 Å². The van der Waals surface area contributed by atoms with Crippen LogP contribution in [0.5, 0.6) is 0 Å². The smallest absolute Gasteiger partial charge is 0.224 e. The van der Waals surface area contributed by atoms with Crippen molar-refractivity contribution in [1.82, 2.24) is 20.1 Å². The Morgan fingerprint density at radius 1 is 1.11 bits per heavy atom. The number of guanidine groups is 1. The second kappa shape index (κ2) is 13.2. The molecule has 1 heterocycles. The summed E-state index contributed by atoms with van der Waals surface area (Å²) >= 11 is 0. The molecule has 2 N–H and O–H groups in total. The van der Waals surface area contributed by atoms with Gasteiger partial charge in [0.2, 0.25) is 5.91 Å². The summed E-state index contributed by atoms with van der Waals surface area (Å²) in [5.41, 5.74) is 1.13. The number of amides is 1. The van der Waals surface area contributed by atoms with Gasteiger partial charge in [-0.05, 0) is 24.6 Å². The third kappa shape index (κ3) is 8.94. The molecular weight excluding hydrogens is 453 g/mol. The number of hydrogen-bond donors (Lipinski definition) is 2. The van der Waals surface area contributed by atoms with E-state index in [0.29, 0.717) is 19.5 Å². The van der Waals surface area contributed by atoms with Gasteiger partial charge in [0, 0.05) is 52.0 Å². The summed E-state index contributed by atoms with van der Waals surface area (Å²) in [6, 6.07) is 14.0. The Hall–Kier alpha value is -2.03. The van der Waals surface area contributed by atoms with Gasteiger partial charge in [0.05, 0.1) is 6.54 Å². The number of nitrogens with one attached hydrogen (secondary N) is 2. The van der Waals surface area contributed by atoms with Crippen LogP contribution in [0.3, 0.4) is 0 Å². The SMILES string of the molecule is CCNC(=NCCC(=O)N(C)Cc1ccccc1)NCCn1cccc1.I. The minimum Gasteiger partial charge on any atom is -0.357 e. The van der Waals surface area contributed by atoms with Crippen molar-refractivity contribution >= 4 is 35.8 Å². The Morgan fingerprint density at radius 3 is 2.48 bits per heavy atom. The fraction of sp³-hybridized carbons (Fsp3) is 0.400. The lowest BCUT2D eigenvalue weighted by Gasteiger charge is -2.17. The van der Waals surface area contributed by atoms with E-state index in [0.717, 1.165) is 31.2 Å². The zero-order chi connectivity index (χ0) is 18.6. The van der Waals surface area contributed by atoms with Crippen LogP contribution in [0, 0.1) is 0 Å². The van der Waals surface area contributed by atoms with Crippen molar-refractivity contribution in [3.8, 4) is 0 Å². The summed E-state index contributed by atoms with van der Waals surface area (Å²) in [6.07, 6.45) is 4.47. The van der Waals surface area contributed by atoms with Crippen LogP contribution in [0.4, 0.5) is 0 Å². The average Bonchev–Trinajstić information content (AvgIpc) is 3.16. The van der Waals surface area contributed by atoms with E-state index in [-0.39, 0.29) is 29.9 Å². The van der Waals surface area contributed by atoms with Crippen LogP contribution in [0.2, 0.25) is 0 Å². The number of rotatable bonds is 9. The molecule has 0 aliphatic carbocycles. The predicted molar refractivity (Wildman–Crippen MR) is 121 cm³/mol. The Balaban J connectivity index is 0.00000364. The number of carbonyl (C=O) groups excluding carboxylic acids is 1. The van der Waals surface area contributed by atoms with Crippen molar-refractivity contribution in [1.29, 1.82) is 0 Å². The molecule has 0 aliphatic rings. The average molecular weight is 483 g/mol. The quantitative estimate of drug-likeness (QED) is 0.328. The van der Waals surface area contributed by atoms with Gasteiger partial charge < -0.3 is 20.1 Å². The van der Waals surface area contributed by atoms with Crippen molar-refractivity contribution < 1.29 is 4.79 Å². The van der Waals surface area contributed by atoms with E-state index in [4.69, 9.17) is 0 Å². The van der Waals surface area contributed by atoms with E-state index in [1.54, 1.807) is 4.90 Å². The van der Waals surface area contributed by atoms with E-state index in [2.05, 4.69) is 20.2 Å². The second-order valence-electron chi connectivity index (χ2n) is 6.09. The van der Waals surface area contributed by atoms with Gasteiger partial charge in [-0.1, -0.05) is 30.3 Å². The van der Waals surface area contributed by atoms with Gasteiger partial charge in [-0.2, -0.15) is 0 Å². The fourth-order valence-corrected chi connectivity index (χ4v) is 2.56. The third-order valence-corrected chi connectivity index (χ3v) is 3.96. The fourth-order valence-electron chi connectivity index (χ4n) is 2.56. The standard InChI is InChI=1S/C20H29N5O.HI/c1-3-21-20(23-13-16-25-14-7-8-15-25)22-12-11-19(26)24(2)17-18-9-5-4-6-10-18;/h4-10,14-15H,3,11-13,16-17H2,1-2H3,(H2,21,22,23);1H. The van der Waals surface area contributed by atoms with Gasteiger partial charge >= 0.3 is 0 Å². The number of benzene rings is 1. The number of carbonyl (C=O) groups is 1. The van der Waals surface area contributed by atoms with E-state index in [9.17, 15) is 4.79 Å². The molecule has 0 atom stereocenters. The number of aromatic nitrogens is 1. The van der Waals surface area contributed by atoms with Crippen LogP contribution < -0.4 is 10.6 Å². The summed E-state index contributed by atoms with van der Waals surface area (Å²) < 4.78 is 2.11. The van der Waals surface area contributed by atoms with Gasteiger partial charge in [-0.25, -0.2) is 0 Å². The first-order chi connectivity index (χ1) is 12.7. The van der Waals surface area contributed by atoms with Gasteiger partial charge in [-0.3, -0.25) is 9.79 Å². The molecule has 0 radical (unpaired) electrons. The highest BCUT2D eigenvalue weighted by molar-refractivity contribution is 14.0. The van der Waals surface area contributed by atoms with Crippen molar-refractivity contribution in [2.75, 3.05) is 26.7 Å². The molecule has 1 aromatic heterocycles. The minimum atomic E-state index is 0. The summed E-state index contributed by atoms with van der Waals surface area (Å²) in [7, 11) is 1.83. The van der Waals surface area contributed by atoms with Crippen LogP contribution in [0.1, 0.15) is 18.9 Å². The molecule has 6 nitrogen and oxygen atoms in total. The molecule has 0 fully saturated rings. The molecule has 0 bridgehead atoms. The Morgan fingerprint density at radius 2 is 1.81 bits per heavy atom. The molecular formula is C20H30IN5O. The number of halogens is 1. The minimum absolute atomic E-state index is 0. The Labute approximate surface area is 179 Å². The second-order valence-corrected chi connectivity index (χ2v) is 6.09. The van der Waals surface area contributed by atoms with E-state index < -0.39 is 0 Å². The summed E-state index contributed by atoms with van der Waals surface area (Å²) in [5.74, 6) is 0.846. The third-order valence-electron chi connectivity index (χ3n) is 3.96. The monoisotopic (exact) mass is 483 g/mol. The maximum Gasteiger partial charge on any atom is 0.224 e. The molecule has 0 saturated heterocycles. The van der Waals surface area contributed by atoms with Gasteiger partial charge in [-0.15, -0.1) is 24.0 Å². The molecule has 7 heteroatoms. The molecule has 27 heavy (non-hydrogen) atoms. The van der Waals surface area contributed by atoms with Crippen LogP contribution in [-0.2, 0) is 17.9 Å². The number of nitrogens with zero attached hydrogens (tertiary/aromatic N) is 3. The highest BCUT2D eigenvalue weighted by atomic mass is 127. The molecule has 2 rings (SSSR count). The molecule has 1 amide bonds. The van der Waals surface area contributed by atoms with Crippen LogP contribution in [0.15, 0.2) is 59.9 Å². The maximum absolute atomic E-state index is 12.3. The first kappa shape index (κ1) is 23.0. The summed E-state index contributed by atoms with van der Waals surface area (Å²) in [4.78, 5) is 18.5. The Kier molecular flexibility index (Phi) is 11.2. The predicted octanol–water partition coefficient (Wildman–Crippen LogP) is 2.71. The first-order valence-corrected chi connectivity index (χ1v) is 9.10. The van der Waals surface area contributed by atoms with Gasteiger partial charge in [0.15, 0.2) is 5.96 Å². The molecule has 0 spiro atoms. The lowest BCUT2D eigenvalue weighted by Crippen LogP contribution is -2.39. The van der Waals surface area contributed by atoms with Crippen molar-refractivity contribution in [2.24, 2.45) is 4.99 Å². The van der Waals surface area contributed by atoms with E-state index >= 15 is 0 Å².